The van der Waals surface area contributed by atoms with Crippen LogP contribution in [0.2, 0.25) is 0 Å². The first-order chi connectivity index (χ1) is 6.52. The largest absolute Gasteiger partial charge is 0.409 e. The second-order valence-corrected chi connectivity index (χ2v) is 3.38. The van der Waals surface area contributed by atoms with Gasteiger partial charge in [-0.2, -0.15) is 0 Å². The standard InChI is InChI=1S/C9H19N3O2/c1-4-9(13)12(7(2)3)6-5-8(10)11-14/h7,14H,4-6H2,1-3H3,(H2,10,11). The molecule has 0 aliphatic rings. The molecule has 0 aromatic rings. The van der Waals surface area contributed by atoms with E-state index in [1.807, 2.05) is 20.8 Å². The summed E-state index contributed by atoms with van der Waals surface area (Å²) < 4.78 is 0. The maximum atomic E-state index is 11.4. The van der Waals surface area contributed by atoms with Gasteiger partial charge in [-0.05, 0) is 13.8 Å². The van der Waals surface area contributed by atoms with Crippen LogP contribution in [0.1, 0.15) is 33.6 Å². The SMILES string of the molecule is CCC(=O)N(CCC(N)=NO)C(C)C. The first-order valence-electron chi connectivity index (χ1n) is 4.78. The summed E-state index contributed by atoms with van der Waals surface area (Å²) in [7, 11) is 0. The van der Waals surface area contributed by atoms with Crippen LogP contribution in [0.15, 0.2) is 5.16 Å². The van der Waals surface area contributed by atoms with Crippen LogP contribution in [0.3, 0.4) is 0 Å². The highest BCUT2D eigenvalue weighted by molar-refractivity contribution is 5.81. The van der Waals surface area contributed by atoms with Crippen molar-refractivity contribution in [2.24, 2.45) is 10.9 Å². The zero-order chi connectivity index (χ0) is 11.1. The quantitative estimate of drug-likeness (QED) is 0.298. The summed E-state index contributed by atoms with van der Waals surface area (Å²) in [4.78, 5) is 13.2. The van der Waals surface area contributed by atoms with Gasteiger partial charge in [0.2, 0.25) is 5.91 Å². The van der Waals surface area contributed by atoms with Crippen molar-refractivity contribution in [3.8, 4) is 0 Å². The molecule has 14 heavy (non-hydrogen) atoms. The van der Waals surface area contributed by atoms with Crippen LogP contribution < -0.4 is 5.73 Å². The summed E-state index contributed by atoms with van der Waals surface area (Å²) in [6.07, 6.45) is 0.884. The summed E-state index contributed by atoms with van der Waals surface area (Å²) in [5, 5.41) is 11.2. The number of amidine groups is 1. The smallest absolute Gasteiger partial charge is 0.222 e. The number of amides is 1. The molecule has 82 valence electrons. The molecule has 0 fully saturated rings. The molecule has 0 unspecified atom stereocenters. The summed E-state index contributed by atoms with van der Waals surface area (Å²) >= 11 is 0. The lowest BCUT2D eigenvalue weighted by Crippen LogP contribution is -2.38. The Morgan fingerprint density at radius 1 is 1.57 bits per heavy atom. The Labute approximate surface area is 84.6 Å². The first kappa shape index (κ1) is 12.7. The topological polar surface area (TPSA) is 78.9 Å². The van der Waals surface area contributed by atoms with Crippen LogP contribution in [-0.4, -0.2) is 34.4 Å². The fraction of sp³-hybridized carbons (Fsp3) is 0.778. The van der Waals surface area contributed by atoms with E-state index in [1.165, 1.54) is 0 Å². The molecule has 0 spiro atoms. The van der Waals surface area contributed by atoms with Crippen molar-refractivity contribution in [1.29, 1.82) is 0 Å². The molecule has 1 amide bonds. The van der Waals surface area contributed by atoms with Crippen LogP contribution in [0.4, 0.5) is 0 Å². The number of hydrogen-bond acceptors (Lipinski definition) is 3. The molecule has 0 aromatic carbocycles. The third-order valence-corrected chi connectivity index (χ3v) is 1.98. The van der Waals surface area contributed by atoms with Crippen molar-refractivity contribution >= 4 is 11.7 Å². The van der Waals surface area contributed by atoms with Crippen molar-refractivity contribution in [3.63, 3.8) is 0 Å². The molecular formula is C9H19N3O2. The first-order valence-corrected chi connectivity index (χ1v) is 4.78. The summed E-state index contributed by atoms with van der Waals surface area (Å²) in [6, 6.07) is 0.147. The number of nitrogens with two attached hydrogens (primary N) is 1. The summed E-state index contributed by atoms with van der Waals surface area (Å²) in [5.74, 6) is 0.241. The van der Waals surface area contributed by atoms with E-state index in [9.17, 15) is 4.79 Å². The molecule has 3 N–H and O–H groups in total. The van der Waals surface area contributed by atoms with E-state index in [4.69, 9.17) is 10.9 Å². The van der Waals surface area contributed by atoms with Crippen LogP contribution in [0.25, 0.3) is 0 Å². The van der Waals surface area contributed by atoms with Crippen molar-refractivity contribution in [2.75, 3.05) is 6.54 Å². The molecule has 0 saturated heterocycles. The molecule has 0 radical (unpaired) electrons. The molecule has 0 bridgehead atoms. The number of carbonyl (C=O) groups excluding carboxylic acids is 1. The van der Waals surface area contributed by atoms with Crippen molar-refractivity contribution < 1.29 is 10.0 Å². The minimum absolute atomic E-state index is 0.0886. The predicted octanol–water partition coefficient (Wildman–Crippen LogP) is 0.770. The molecule has 0 rings (SSSR count). The van der Waals surface area contributed by atoms with Gasteiger partial charge in [0.1, 0.15) is 5.84 Å². The average Bonchev–Trinajstić information content (AvgIpc) is 2.16. The number of rotatable bonds is 5. The van der Waals surface area contributed by atoms with E-state index in [-0.39, 0.29) is 17.8 Å². The van der Waals surface area contributed by atoms with Gasteiger partial charge in [0, 0.05) is 25.4 Å². The predicted molar refractivity (Wildman–Crippen MR) is 55.2 cm³/mol. The number of hydrogen-bond donors (Lipinski definition) is 2. The highest BCUT2D eigenvalue weighted by Gasteiger charge is 2.14. The molecule has 5 heteroatoms. The van der Waals surface area contributed by atoms with E-state index < -0.39 is 0 Å². The van der Waals surface area contributed by atoms with E-state index in [1.54, 1.807) is 4.90 Å². The van der Waals surface area contributed by atoms with Gasteiger partial charge in [0.25, 0.3) is 0 Å². The minimum atomic E-state index is 0.0886. The molecule has 0 saturated carbocycles. The third kappa shape index (κ3) is 4.11. The summed E-state index contributed by atoms with van der Waals surface area (Å²) in [6.45, 7) is 6.21. The van der Waals surface area contributed by atoms with Crippen molar-refractivity contribution in [3.05, 3.63) is 0 Å². The van der Waals surface area contributed by atoms with Crippen LogP contribution in [0.5, 0.6) is 0 Å². The highest BCUT2D eigenvalue weighted by Crippen LogP contribution is 2.02. The lowest BCUT2D eigenvalue weighted by Gasteiger charge is -2.26. The number of carbonyl (C=O) groups is 1. The van der Waals surface area contributed by atoms with Gasteiger partial charge in [-0.25, -0.2) is 0 Å². The van der Waals surface area contributed by atoms with E-state index in [0.717, 1.165) is 0 Å². The second kappa shape index (κ2) is 6.23. The molecule has 0 aliphatic heterocycles. The maximum Gasteiger partial charge on any atom is 0.222 e. The zero-order valence-corrected chi connectivity index (χ0v) is 9.03. The Bertz CT molecular complexity index is 214. The average molecular weight is 201 g/mol. The summed E-state index contributed by atoms with van der Waals surface area (Å²) in [5.41, 5.74) is 5.33. The highest BCUT2D eigenvalue weighted by atomic mass is 16.4. The normalized spacial score (nSPS) is 11.9. The van der Waals surface area contributed by atoms with Crippen molar-refractivity contribution in [1.82, 2.24) is 4.90 Å². The minimum Gasteiger partial charge on any atom is -0.409 e. The number of nitrogens with zero attached hydrogens (tertiary/aromatic N) is 2. The third-order valence-electron chi connectivity index (χ3n) is 1.98. The monoisotopic (exact) mass is 201 g/mol. The van der Waals surface area contributed by atoms with Gasteiger partial charge in [-0.15, -0.1) is 0 Å². The van der Waals surface area contributed by atoms with Crippen LogP contribution in [-0.2, 0) is 4.79 Å². The van der Waals surface area contributed by atoms with Gasteiger partial charge in [-0.1, -0.05) is 12.1 Å². The van der Waals surface area contributed by atoms with Gasteiger partial charge < -0.3 is 15.8 Å². The Hall–Kier alpha value is -1.26. The Morgan fingerprint density at radius 2 is 2.14 bits per heavy atom. The number of oxime groups is 1. The molecule has 5 nitrogen and oxygen atoms in total. The van der Waals surface area contributed by atoms with Crippen LogP contribution >= 0.6 is 0 Å². The van der Waals surface area contributed by atoms with Gasteiger partial charge >= 0.3 is 0 Å². The molecule has 0 aromatic heterocycles. The second-order valence-electron chi connectivity index (χ2n) is 3.38. The van der Waals surface area contributed by atoms with E-state index in [0.29, 0.717) is 19.4 Å². The zero-order valence-electron chi connectivity index (χ0n) is 9.03. The fourth-order valence-electron chi connectivity index (χ4n) is 1.16. The molecule has 0 aliphatic carbocycles. The fourth-order valence-corrected chi connectivity index (χ4v) is 1.16. The molecule has 0 heterocycles. The van der Waals surface area contributed by atoms with Gasteiger partial charge in [0.05, 0.1) is 0 Å². The molecule has 0 atom stereocenters. The molecular weight excluding hydrogens is 182 g/mol. The Balaban J connectivity index is 4.18. The maximum absolute atomic E-state index is 11.4. The van der Waals surface area contributed by atoms with Gasteiger partial charge in [0.15, 0.2) is 0 Å². The van der Waals surface area contributed by atoms with Crippen LogP contribution in [0, 0.1) is 0 Å². The lowest BCUT2D eigenvalue weighted by molar-refractivity contribution is -0.132. The van der Waals surface area contributed by atoms with E-state index in [2.05, 4.69) is 5.16 Å². The van der Waals surface area contributed by atoms with Crippen molar-refractivity contribution in [2.45, 2.75) is 39.7 Å². The van der Waals surface area contributed by atoms with E-state index >= 15 is 0 Å². The Kier molecular flexibility index (Phi) is 5.67. The van der Waals surface area contributed by atoms with Gasteiger partial charge in [-0.3, -0.25) is 4.79 Å². The lowest BCUT2D eigenvalue weighted by atomic mass is 10.2. The Morgan fingerprint density at radius 3 is 2.50 bits per heavy atom.